The Hall–Kier alpha value is -1.54. The Morgan fingerprint density at radius 2 is 2.16 bits per heavy atom. The van der Waals surface area contributed by atoms with Gasteiger partial charge in [-0.3, -0.25) is 4.72 Å². The van der Waals surface area contributed by atoms with Crippen LogP contribution in [0.25, 0.3) is 10.9 Å². The van der Waals surface area contributed by atoms with Gasteiger partial charge in [-0.2, -0.15) is 0 Å². The highest BCUT2D eigenvalue weighted by molar-refractivity contribution is 9.10. The zero-order valence-electron chi connectivity index (χ0n) is 9.90. The van der Waals surface area contributed by atoms with Gasteiger partial charge in [-0.05, 0) is 41.1 Å². The van der Waals surface area contributed by atoms with E-state index < -0.39 is 16.9 Å². The fourth-order valence-electron chi connectivity index (χ4n) is 1.66. The number of aromatic amines is 1. The van der Waals surface area contributed by atoms with Crippen LogP contribution in [0.15, 0.2) is 22.7 Å². The molecule has 1 aromatic heterocycles. The molecule has 0 spiro atoms. The summed E-state index contributed by atoms with van der Waals surface area (Å²) in [5.74, 6) is -0.445. The van der Waals surface area contributed by atoms with Gasteiger partial charge in [-0.15, -0.1) is 0 Å². The summed E-state index contributed by atoms with van der Waals surface area (Å²) < 4.78 is 29.1. The highest BCUT2D eigenvalue weighted by Gasteiger charge is 2.12. The average molecular weight is 347 g/mol. The molecule has 0 unspecified atom stereocenters. The molecule has 102 valence electrons. The second-order valence-electron chi connectivity index (χ2n) is 3.69. The molecule has 1 heterocycles. The van der Waals surface area contributed by atoms with Crippen molar-refractivity contribution in [3.8, 4) is 0 Å². The molecular weight excluding hydrogens is 336 g/mol. The summed E-state index contributed by atoms with van der Waals surface area (Å²) in [6.07, 6.45) is 0. The fourth-order valence-corrected chi connectivity index (χ4v) is 2.65. The smallest absolute Gasteiger partial charge is 0.354 e. The third kappa shape index (κ3) is 3.07. The lowest BCUT2D eigenvalue weighted by molar-refractivity contribution is 0.0520. The van der Waals surface area contributed by atoms with Crippen LogP contribution >= 0.6 is 15.9 Å². The molecule has 0 bridgehead atoms. The number of benzene rings is 1. The van der Waals surface area contributed by atoms with Gasteiger partial charge < -0.3 is 9.72 Å². The van der Waals surface area contributed by atoms with Gasteiger partial charge in [0.05, 0.1) is 12.3 Å². The predicted molar refractivity (Wildman–Crippen MR) is 75.9 cm³/mol. The minimum Gasteiger partial charge on any atom is -0.461 e. The second-order valence-corrected chi connectivity index (χ2v) is 5.28. The van der Waals surface area contributed by atoms with E-state index in [1.54, 1.807) is 25.1 Å². The third-order valence-corrected chi connectivity index (χ3v) is 3.50. The standard InChI is InChI=1S/C11H11BrN2O4S/c1-2-18-11(15)10-4-6-3-7(12)9(14-19(16)17)5-8(6)13-10/h3-5,13,19H,2H2,1H3,(H,14,16,17). The summed E-state index contributed by atoms with van der Waals surface area (Å²) >= 11 is 3.26. The Balaban J connectivity index is 2.45. The van der Waals surface area contributed by atoms with Crippen molar-refractivity contribution in [2.75, 3.05) is 11.3 Å². The summed E-state index contributed by atoms with van der Waals surface area (Å²) in [5.41, 5.74) is 1.37. The van der Waals surface area contributed by atoms with Crippen molar-refractivity contribution in [2.45, 2.75) is 6.92 Å². The fraction of sp³-hybridized carbons (Fsp3) is 0.182. The number of aromatic nitrogens is 1. The number of anilines is 1. The molecule has 0 amide bonds. The van der Waals surface area contributed by atoms with Gasteiger partial charge in [0.25, 0.3) is 0 Å². The van der Waals surface area contributed by atoms with E-state index in [0.29, 0.717) is 28.0 Å². The average Bonchev–Trinajstić information content (AvgIpc) is 2.72. The number of carbonyl (C=O) groups excluding carboxylic acids is 1. The number of ether oxygens (including phenoxy) is 1. The molecule has 19 heavy (non-hydrogen) atoms. The van der Waals surface area contributed by atoms with Crippen LogP contribution in [0, 0.1) is 0 Å². The van der Waals surface area contributed by atoms with E-state index in [1.807, 2.05) is 0 Å². The maximum atomic E-state index is 11.6. The summed E-state index contributed by atoms with van der Waals surface area (Å²) in [5, 5.41) is 0.779. The van der Waals surface area contributed by atoms with Crippen molar-refractivity contribution in [1.82, 2.24) is 4.98 Å². The van der Waals surface area contributed by atoms with Crippen LogP contribution in [0.4, 0.5) is 5.69 Å². The lowest BCUT2D eigenvalue weighted by atomic mass is 10.2. The largest absolute Gasteiger partial charge is 0.461 e. The van der Waals surface area contributed by atoms with Crippen LogP contribution in [0.1, 0.15) is 17.4 Å². The third-order valence-electron chi connectivity index (χ3n) is 2.42. The quantitative estimate of drug-likeness (QED) is 0.583. The molecule has 8 heteroatoms. The Morgan fingerprint density at radius 3 is 2.79 bits per heavy atom. The molecule has 2 rings (SSSR count). The van der Waals surface area contributed by atoms with Gasteiger partial charge in [-0.25, -0.2) is 13.2 Å². The Labute approximate surface area is 119 Å². The number of nitrogens with one attached hydrogen (secondary N) is 2. The van der Waals surface area contributed by atoms with E-state index in [2.05, 4.69) is 25.6 Å². The molecule has 0 radical (unpaired) electrons. The molecule has 0 fully saturated rings. The molecular formula is C11H11BrN2O4S. The van der Waals surface area contributed by atoms with Crippen LogP contribution < -0.4 is 4.72 Å². The number of hydrogen-bond acceptors (Lipinski definition) is 4. The highest BCUT2D eigenvalue weighted by atomic mass is 79.9. The van der Waals surface area contributed by atoms with Crippen molar-refractivity contribution in [3.05, 3.63) is 28.4 Å². The molecule has 2 N–H and O–H groups in total. The van der Waals surface area contributed by atoms with Crippen LogP contribution in [0.3, 0.4) is 0 Å². The normalized spacial score (nSPS) is 10.9. The van der Waals surface area contributed by atoms with Crippen molar-refractivity contribution >= 4 is 49.4 Å². The Kier molecular flexibility index (Phi) is 4.11. The maximum Gasteiger partial charge on any atom is 0.354 e. The van der Waals surface area contributed by atoms with Gasteiger partial charge in [0.15, 0.2) is 0 Å². The molecule has 0 aliphatic carbocycles. The highest BCUT2D eigenvalue weighted by Crippen LogP contribution is 2.29. The van der Waals surface area contributed by atoms with Crippen LogP contribution in [-0.2, 0) is 15.6 Å². The topological polar surface area (TPSA) is 88.3 Å². The first-order chi connectivity index (χ1) is 9.01. The van der Waals surface area contributed by atoms with Crippen molar-refractivity contribution in [2.24, 2.45) is 0 Å². The predicted octanol–water partition coefficient (Wildman–Crippen LogP) is 2.05. The number of esters is 1. The van der Waals surface area contributed by atoms with Crippen molar-refractivity contribution in [3.63, 3.8) is 0 Å². The second kappa shape index (κ2) is 5.62. The van der Waals surface area contributed by atoms with E-state index in [9.17, 15) is 13.2 Å². The summed E-state index contributed by atoms with van der Waals surface area (Å²) in [6.45, 7) is 2.02. The number of halogens is 1. The van der Waals surface area contributed by atoms with Crippen LogP contribution in [0.2, 0.25) is 0 Å². The molecule has 0 saturated carbocycles. The molecule has 6 nitrogen and oxygen atoms in total. The summed E-state index contributed by atoms with van der Waals surface area (Å²) in [4.78, 5) is 14.5. The number of H-pyrrole nitrogens is 1. The van der Waals surface area contributed by atoms with Gasteiger partial charge in [0, 0.05) is 15.4 Å². The van der Waals surface area contributed by atoms with E-state index in [1.165, 1.54) is 0 Å². The van der Waals surface area contributed by atoms with Gasteiger partial charge in [0.1, 0.15) is 5.69 Å². The van der Waals surface area contributed by atoms with E-state index in [0.717, 1.165) is 5.39 Å². The monoisotopic (exact) mass is 346 g/mol. The van der Waals surface area contributed by atoms with Gasteiger partial charge in [-0.1, -0.05) is 0 Å². The first-order valence-electron chi connectivity index (χ1n) is 5.41. The Bertz CT molecular complexity index is 700. The Morgan fingerprint density at radius 1 is 1.42 bits per heavy atom. The molecule has 0 atom stereocenters. The minimum absolute atomic E-state index is 0.293. The van der Waals surface area contributed by atoms with E-state index in [4.69, 9.17) is 4.74 Å². The first kappa shape index (κ1) is 13.9. The number of fused-ring (bicyclic) bond motifs is 1. The lowest BCUT2D eigenvalue weighted by Crippen LogP contribution is -2.04. The first-order valence-corrected chi connectivity index (χ1v) is 7.38. The number of hydrogen-bond donors (Lipinski definition) is 3. The number of carbonyl (C=O) groups is 1. The molecule has 1 aromatic carbocycles. The van der Waals surface area contributed by atoms with E-state index in [-0.39, 0.29) is 0 Å². The van der Waals surface area contributed by atoms with Gasteiger partial charge in [0.2, 0.25) is 10.9 Å². The number of thiol groups is 1. The maximum absolute atomic E-state index is 11.6. The summed E-state index contributed by atoms with van der Waals surface area (Å²) in [7, 11) is -2.75. The zero-order chi connectivity index (χ0) is 14.0. The van der Waals surface area contributed by atoms with Crippen LogP contribution in [0.5, 0.6) is 0 Å². The molecule has 0 aliphatic heterocycles. The minimum atomic E-state index is -2.75. The molecule has 0 saturated heterocycles. The zero-order valence-corrected chi connectivity index (χ0v) is 12.4. The molecule has 0 aliphatic rings. The lowest BCUT2D eigenvalue weighted by Gasteiger charge is -2.02. The summed E-state index contributed by atoms with van der Waals surface area (Å²) in [6, 6.07) is 4.97. The van der Waals surface area contributed by atoms with Gasteiger partial charge >= 0.3 is 5.97 Å². The SMILES string of the molecule is CCOC(=O)c1cc2cc(Br)c(N[SH](=O)=O)cc2[nH]1. The molecule has 2 aromatic rings. The van der Waals surface area contributed by atoms with E-state index >= 15 is 0 Å². The van der Waals surface area contributed by atoms with Crippen molar-refractivity contribution < 1.29 is 17.9 Å². The number of rotatable bonds is 4. The van der Waals surface area contributed by atoms with Crippen LogP contribution in [-0.4, -0.2) is 26.0 Å². The van der Waals surface area contributed by atoms with Crippen molar-refractivity contribution in [1.29, 1.82) is 0 Å².